The summed E-state index contributed by atoms with van der Waals surface area (Å²) < 4.78 is 23.2. The van der Waals surface area contributed by atoms with Crippen LogP contribution >= 0.6 is 11.6 Å². The largest absolute Gasteiger partial charge is 0.508 e. The van der Waals surface area contributed by atoms with E-state index in [0.717, 1.165) is 36.7 Å². The highest BCUT2D eigenvalue weighted by atomic mass is 35.5. The summed E-state index contributed by atoms with van der Waals surface area (Å²) in [5, 5.41) is 16.7. The number of piperazine rings is 1. The highest BCUT2D eigenvalue weighted by Gasteiger charge is 2.46. The molecule has 2 aliphatic carbocycles. The van der Waals surface area contributed by atoms with Crippen LogP contribution in [0.4, 0.5) is 10.2 Å². The molecule has 4 fully saturated rings. The zero-order valence-corrected chi connectivity index (χ0v) is 23.8. The highest BCUT2D eigenvalue weighted by Crippen LogP contribution is 2.54. The van der Waals surface area contributed by atoms with Crippen molar-refractivity contribution in [2.24, 2.45) is 11.3 Å². The fraction of sp³-hybridized carbons (Fsp3) is 0.455. The average molecular weight is 573 g/mol. The van der Waals surface area contributed by atoms with Gasteiger partial charge in [0.2, 0.25) is 0 Å². The molecule has 2 bridgehead atoms. The van der Waals surface area contributed by atoms with Crippen molar-refractivity contribution in [3.8, 4) is 22.9 Å². The molecule has 4 aliphatic rings. The molecule has 8 rings (SSSR count). The number of phenolic OH excluding ortho intramolecular Hbond substituents is 1. The van der Waals surface area contributed by atoms with Gasteiger partial charge in [0.1, 0.15) is 17.1 Å². The SMILES string of the molecule is Oc1cc(-c2c(Cl)cc3c(N4CC5CCC(C4)N5)nc(OCC45CCCC4CCC5)nc3c2F)c2ccccc2c1. The molecule has 2 saturated heterocycles. The predicted octanol–water partition coefficient (Wildman–Crippen LogP) is 7.24. The minimum atomic E-state index is -0.521. The van der Waals surface area contributed by atoms with E-state index in [9.17, 15) is 5.11 Å². The van der Waals surface area contributed by atoms with Gasteiger partial charge >= 0.3 is 6.01 Å². The third-order valence-corrected chi connectivity index (χ3v) is 10.6. The van der Waals surface area contributed by atoms with Crippen LogP contribution in [0.3, 0.4) is 0 Å². The number of nitrogens with one attached hydrogen (secondary N) is 1. The number of aromatic hydroxyl groups is 1. The summed E-state index contributed by atoms with van der Waals surface area (Å²) >= 11 is 6.88. The Bertz CT molecular complexity index is 1660. The molecule has 2 aliphatic heterocycles. The van der Waals surface area contributed by atoms with Gasteiger partial charge in [-0.25, -0.2) is 4.39 Å². The van der Waals surface area contributed by atoms with E-state index in [2.05, 4.69) is 10.2 Å². The number of fused-ring (bicyclic) bond motifs is 5. The van der Waals surface area contributed by atoms with E-state index >= 15 is 4.39 Å². The van der Waals surface area contributed by atoms with Crippen molar-refractivity contribution >= 4 is 39.1 Å². The molecule has 0 spiro atoms. The van der Waals surface area contributed by atoms with Crippen molar-refractivity contribution in [2.45, 2.75) is 63.5 Å². The molecule has 4 aromatic rings. The Kier molecular flexibility index (Phi) is 6.04. The average Bonchev–Trinajstić information content (AvgIpc) is 3.65. The van der Waals surface area contributed by atoms with Gasteiger partial charge in [-0.3, -0.25) is 0 Å². The van der Waals surface area contributed by atoms with Crippen LogP contribution < -0.4 is 15.0 Å². The standard InChI is InChI=1S/C33H34ClFN4O2/c34-27-15-26-30(29(35)28(27)25-14-23(40)13-19-5-1-2-8-24(19)25)37-32(41-18-33-11-3-6-20(33)7-4-12-33)38-31(26)39-16-21-9-10-22(17-39)36-21/h1-2,5,8,13-15,20-22,36,40H,3-4,6-7,9-12,16-18H2. The minimum absolute atomic E-state index is 0.0555. The number of anilines is 1. The Balaban J connectivity index is 1.28. The first-order valence-electron chi connectivity index (χ1n) is 15.0. The van der Waals surface area contributed by atoms with Gasteiger partial charge in [0, 0.05) is 41.5 Å². The molecule has 2 N–H and O–H groups in total. The number of benzene rings is 3. The molecule has 1 aromatic heterocycles. The molecule has 2 unspecified atom stereocenters. The summed E-state index contributed by atoms with van der Waals surface area (Å²) in [5.74, 6) is 0.920. The highest BCUT2D eigenvalue weighted by molar-refractivity contribution is 6.35. The molecule has 212 valence electrons. The molecular weight excluding hydrogens is 539 g/mol. The van der Waals surface area contributed by atoms with Crippen LogP contribution in [0.5, 0.6) is 11.8 Å². The number of hydrogen-bond acceptors (Lipinski definition) is 6. The predicted molar refractivity (Wildman–Crippen MR) is 160 cm³/mol. The Morgan fingerprint density at radius 2 is 1.76 bits per heavy atom. The van der Waals surface area contributed by atoms with Crippen molar-refractivity contribution in [2.75, 3.05) is 24.6 Å². The van der Waals surface area contributed by atoms with Gasteiger partial charge < -0.3 is 20.1 Å². The molecular formula is C33H34ClFN4O2. The summed E-state index contributed by atoms with van der Waals surface area (Å²) in [6.07, 6.45) is 9.64. The zero-order chi connectivity index (χ0) is 27.7. The van der Waals surface area contributed by atoms with Gasteiger partial charge in [-0.1, -0.05) is 48.7 Å². The quantitative estimate of drug-likeness (QED) is 0.263. The number of nitrogens with zero attached hydrogens (tertiary/aromatic N) is 3. The second kappa shape index (κ2) is 9.70. The Morgan fingerprint density at radius 1 is 1.00 bits per heavy atom. The lowest BCUT2D eigenvalue weighted by atomic mass is 9.81. The summed E-state index contributed by atoms with van der Waals surface area (Å²) in [4.78, 5) is 11.9. The van der Waals surface area contributed by atoms with Crippen LogP contribution in [0.25, 0.3) is 32.8 Å². The monoisotopic (exact) mass is 572 g/mol. The van der Waals surface area contributed by atoms with Crippen molar-refractivity contribution in [1.82, 2.24) is 15.3 Å². The lowest BCUT2D eigenvalue weighted by Crippen LogP contribution is -2.51. The lowest BCUT2D eigenvalue weighted by Gasteiger charge is -2.34. The third kappa shape index (κ3) is 4.23. The topological polar surface area (TPSA) is 70.5 Å². The number of phenols is 1. The van der Waals surface area contributed by atoms with Gasteiger partial charge in [0.05, 0.1) is 11.6 Å². The third-order valence-electron chi connectivity index (χ3n) is 10.3. The Morgan fingerprint density at radius 3 is 2.54 bits per heavy atom. The summed E-state index contributed by atoms with van der Waals surface area (Å²) in [6.45, 7) is 2.17. The molecule has 0 amide bonds. The summed E-state index contributed by atoms with van der Waals surface area (Å²) in [5.41, 5.74) is 1.16. The number of rotatable bonds is 5. The van der Waals surface area contributed by atoms with Crippen molar-refractivity contribution < 1.29 is 14.2 Å². The van der Waals surface area contributed by atoms with Gasteiger partial charge in [-0.05, 0) is 79.0 Å². The second-order valence-electron chi connectivity index (χ2n) is 12.7. The minimum Gasteiger partial charge on any atom is -0.508 e. The molecule has 8 heteroatoms. The van der Waals surface area contributed by atoms with Crippen LogP contribution in [-0.2, 0) is 0 Å². The number of halogens is 2. The first-order chi connectivity index (χ1) is 20.0. The molecule has 0 radical (unpaired) electrons. The fourth-order valence-corrected chi connectivity index (χ4v) is 8.64. The van der Waals surface area contributed by atoms with Crippen molar-refractivity contribution in [1.29, 1.82) is 0 Å². The van der Waals surface area contributed by atoms with Gasteiger partial charge in [-0.15, -0.1) is 0 Å². The summed E-state index contributed by atoms with van der Waals surface area (Å²) in [7, 11) is 0. The van der Waals surface area contributed by atoms with E-state index in [1.807, 2.05) is 24.3 Å². The molecule has 3 heterocycles. The van der Waals surface area contributed by atoms with E-state index in [1.54, 1.807) is 18.2 Å². The second-order valence-corrected chi connectivity index (χ2v) is 13.1. The number of aromatic nitrogens is 2. The van der Waals surface area contributed by atoms with Crippen molar-refractivity contribution in [3.05, 3.63) is 53.3 Å². The molecule has 3 aromatic carbocycles. The smallest absolute Gasteiger partial charge is 0.319 e. The van der Waals surface area contributed by atoms with E-state index in [0.29, 0.717) is 41.4 Å². The van der Waals surface area contributed by atoms with E-state index in [4.69, 9.17) is 26.3 Å². The van der Waals surface area contributed by atoms with Gasteiger partial charge in [0.15, 0.2) is 5.82 Å². The van der Waals surface area contributed by atoms with Crippen LogP contribution in [0.15, 0.2) is 42.5 Å². The van der Waals surface area contributed by atoms with Crippen molar-refractivity contribution in [3.63, 3.8) is 0 Å². The molecule has 2 saturated carbocycles. The summed E-state index contributed by atoms with van der Waals surface area (Å²) in [6, 6.07) is 13.7. The lowest BCUT2D eigenvalue weighted by molar-refractivity contribution is 0.115. The maximum atomic E-state index is 16.8. The van der Waals surface area contributed by atoms with Crippen LogP contribution in [0.1, 0.15) is 51.4 Å². The maximum absolute atomic E-state index is 16.8. The molecule has 41 heavy (non-hydrogen) atoms. The van der Waals surface area contributed by atoms with Gasteiger partial charge in [-0.2, -0.15) is 9.97 Å². The zero-order valence-electron chi connectivity index (χ0n) is 23.0. The van der Waals surface area contributed by atoms with Crippen LogP contribution in [-0.4, -0.2) is 46.9 Å². The van der Waals surface area contributed by atoms with E-state index < -0.39 is 5.82 Å². The van der Waals surface area contributed by atoms with E-state index in [1.165, 1.54) is 38.5 Å². The normalized spacial score (nSPS) is 27.2. The van der Waals surface area contributed by atoms with Gasteiger partial charge in [0.25, 0.3) is 0 Å². The first-order valence-corrected chi connectivity index (χ1v) is 15.4. The maximum Gasteiger partial charge on any atom is 0.319 e. The van der Waals surface area contributed by atoms with Crippen LogP contribution in [0, 0.1) is 17.2 Å². The van der Waals surface area contributed by atoms with E-state index in [-0.39, 0.29) is 33.3 Å². The Hall–Kier alpha value is -3.16. The first kappa shape index (κ1) is 25.5. The number of hydrogen-bond donors (Lipinski definition) is 2. The Labute approximate surface area is 243 Å². The fourth-order valence-electron chi connectivity index (χ4n) is 8.35. The molecule has 2 atom stereocenters. The number of ether oxygens (including phenoxy) is 1. The van der Waals surface area contributed by atoms with Crippen LogP contribution in [0.2, 0.25) is 5.02 Å². The molecule has 6 nitrogen and oxygen atoms in total.